The first-order valence-corrected chi connectivity index (χ1v) is 8.93. The summed E-state index contributed by atoms with van der Waals surface area (Å²) in [4.78, 5) is 19.0. The van der Waals surface area contributed by atoms with E-state index in [1.54, 1.807) is 0 Å². The van der Waals surface area contributed by atoms with Crippen molar-refractivity contribution >= 4 is 5.97 Å². The maximum atomic E-state index is 11.9. The van der Waals surface area contributed by atoms with E-state index in [9.17, 15) is 4.79 Å². The molecule has 4 nitrogen and oxygen atoms in total. The molecular weight excluding hydrogens is 288 g/mol. The van der Waals surface area contributed by atoms with Crippen molar-refractivity contribution < 1.29 is 9.53 Å². The Hall–Kier alpha value is -1.42. The molecule has 0 N–H and O–H groups in total. The molecule has 1 fully saturated rings. The van der Waals surface area contributed by atoms with E-state index in [2.05, 4.69) is 16.8 Å². The summed E-state index contributed by atoms with van der Waals surface area (Å²) in [7, 11) is 0. The summed E-state index contributed by atoms with van der Waals surface area (Å²) in [6.07, 6.45) is 5.42. The van der Waals surface area contributed by atoms with Gasteiger partial charge in [-0.1, -0.05) is 26.3 Å². The highest BCUT2D eigenvalue weighted by Crippen LogP contribution is 2.30. The van der Waals surface area contributed by atoms with Gasteiger partial charge in [-0.2, -0.15) is 0 Å². The van der Waals surface area contributed by atoms with Crippen molar-refractivity contribution in [3.05, 3.63) is 29.6 Å². The molecule has 4 heteroatoms. The van der Waals surface area contributed by atoms with Gasteiger partial charge in [-0.15, -0.1) is 0 Å². The minimum Gasteiger partial charge on any atom is -0.459 e. The molecule has 0 unspecified atom stereocenters. The average Bonchev–Trinajstić information content (AvgIpc) is 2.54. The van der Waals surface area contributed by atoms with E-state index in [1.165, 1.54) is 12.8 Å². The predicted octanol–water partition coefficient (Wildman–Crippen LogP) is 3.52. The third-order valence-electron chi connectivity index (χ3n) is 4.66. The lowest BCUT2D eigenvalue weighted by Gasteiger charge is -2.41. The number of hydrogen-bond acceptors (Lipinski definition) is 4. The van der Waals surface area contributed by atoms with Crippen LogP contribution in [0.15, 0.2) is 18.2 Å². The number of pyridine rings is 1. The molecule has 128 valence electrons. The molecule has 0 aliphatic carbocycles. The van der Waals surface area contributed by atoms with E-state index in [0.29, 0.717) is 6.42 Å². The lowest BCUT2D eigenvalue weighted by molar-refractivity contribution is -0.164. The Morgan fingerprint density at radius 1 is 1.30 bits per heavy atom. The second kappa shape index (κ2) is 8.44. The molecule has 0 amide bonds. The number of hydrogen-bond donors (Lipinski definition) is 0. The maximum Gasteiger partial charge on any atom is 0.306 e. The van der Waals surface area contributed by atoms with Crippen LogP contribution in [0, 0.1) is 6.92 Å². The van der Waals surface area contributed by atoms with Gasteiger partial charge in [-0.05, 0) is 32.0 Å². The fourth-order valence-electron chi connectivity index (χ4n) is 3.22. The van der Waals surface area contributed by atoms with Crippen LogP contribution in [-0.4, -0.2) is 41.1 Å². The molecule has 1 aromatic rings. The van der Waals surface area contributed by atoms with E-state index < -0.39 is 0 Å². The normalized spacial score (nSPS) is 17.9. The number of aromatic nitrogens is 1. The zero-order valence-electron chi connectivity index (χ0n) is 14.8. The summed E-state index contributed by atoms with van der Waals surface area (Å²) in [6, 6.07) is 6.07. The van der Waals surface area contributed by atoms with Gasteiger partial charge < -0.3 is 9.64 Å². The number of carbonyl (C=O) groups is 1. The van der Waals surface area contributed by atoms with Gasteiger partial charge in [0.05, 0.1) is 0 Å². The number of piperidine rings is 1. The third-order valence-corrected chi connectivity index (χ3v) is 4.66. The van der Waals surface area contributed by atoms with E-state index in [-0.39, 0.29) is 11.6 Å². The van der Waals surface area contributed by atoms with Crippen molar-refractivity contribution in [3.8, 4) is 0 Å². The topological polar surface area (TPSA) is 42.4 Å². The van der Waals surface area contributed by atoms with Crippen LogP contribution in [0.4, 0.5) is 0 Å². The largest absolute Gasteiger partial charge is 0.459 e. The Balaban J connectivity index is 2.06. The Bertz CT molecular complexity index is 508. The number of esters is 1. The molecule has 1 saturated heterocycles. The first-order valence-electron chi connectivity index (χ1n) is 8.93. The lowest BCUT2D eigenvalue weighted by Crippen LogP contribution is -2.48. The molecule has 0 bridgehead atoms. The Morgan fingerprint density at radius 3 is 2.65 bits per heavy atom. The Labute approximate surface area is 140 Å². The van der Waals surface area contributed by atoms with Crippen LogP contribution in [-0.2, 0) is 16.0 Å². The van der Waals surface area contributed by atoms with Crippen LogP contribution in [0.25, 0.3) is 0 Å². The molecule has 0 aromatic carbocycles. The molecule has 23 heavy (non-hydrogen) atoms. The highest BCUT2D eigenvalue weighted by Gasteiger charge is 2.38. The monoisotopic (exact) mass is 318 g/mol. The second-order valence-electron chi connectivity index (χ2n) is 6.65. The first-order chi connectivity index (χ1) is 11.1. The Morgan fingerprint density at radius 2 is 2.04 bits per heavy atom. The SMILES string of the molecule is CCCCN1CCC(Cc2cccc(C)n2)(OC(=O)CC)CC1. The van der Waals surface area contributed by atoms with Gasteiger partial charge in [-0.25, -0.2) is 0 Å². The van der Waals surface area contributed by atoms with Crippen molar-refractivity contribution in [2.45, 2.75) is 64.9 Å². The summed E-state index contributed by atoms with van der Waals surface area (Å²) in [5, 5.41) is 0. The van der Waals surface area contributed by atoms with Gasteiger partial charge in [0.25, 0.3) is 0 Å². The van der Waals surface area contributed by atoms with Crippen LogP contribution in [0.5, 0.6) is 0 Å². The molecule has 1 aliphatic heterocycles. The van der Waals surface area contributed by atoms with Crippen LogP contribution in [0.3, 0.4) is 0 Å². The lowest BCUT2D eigenvalue weighted by atomic mass is 9.86. The highest BCUT2D eigenvalue weighted by atomic mass is 16.6. The van der Waals surface area contributed by atoms with Gasteiger partial charge in [0.15, 0.2) is 0 Å². The van der Waals surface area contributed by atoms with E-state index in [4.69, 9.17) is 4.74 Å². The number of rotatable bonds is 7. The van der Waals surface area contributed by atoms with E-state index in [0.717, 1.165) is 50.3 Å². The summed E-state index contributed by atoms with van der Waals surface area (Å²) in [5.41, 5.74) is 1.66. The minimum atomic E-state index is -0.378. The molecule has 1 aromatic heterocycles. The fourth-order valence-corrected chi connectivity index (χ4v) is 3.22. The minimum absolute atomic E-state index is 0.0975. The van der Waals surface area contributed by atoms with Crippen molar-refractivity contribution in [3.63, 3.8) is 0 Å². The van der Waals surface area contributed by atoms with Crippen molar-refractivity contribution in [1.82, 2.24) is 9.88 Å². The molecule has 0 saturated carbocycles. The zero-order chi connectivity index (χ0) is 16.7. The summed E-state index contributed by atoms with van der Waals surface area (Å²) in [5.74, 6) is -0.0975. The number of likely N-dealkylation sites (tertiary alicyclic amines) is 1. The van der Waals surface area contributed by atoms with Crippen LogP contribution >= 0.6 is 0 Å². The number of unbranched alkanes of at least 4 members (excludes halogenated alkanes) is 1. The van der Waals surface area contributed by atoms with Gasteiger partial charge in [0.2, 0.25) is 0 Å². The number of nitrogens with zero attached hydrogens (tertiary/aromatic N) is 2. The molecule has 0 spiro atoms. The molecule has 2 heterocycles. The van der Waals surface area contributed by atoms with Crippen LogP contribution in [0.2, 0.25) is 0 Å². The van der Waals surface area contributed by atoms with Gasteiger partial charge >= 0.3 is 5.97 Å². The molecule has 2 rings (SSSR count). The maximum absolute atomic E-state index is 11.9. The van der Waals surface area contributed by atoms with E-state index in [1.807, 2.05) is 32.0 Å². The highest BCUT2D eigenvalue weighted by molar-refractivity contribution is 5.69. The molecular formula is C19H30N2O2. The fraction of sp³-hybridized carbons (Fsp3) is 0.684. The molecule has 0 radical (unpaired) electrons. The van der Waals surface area contributed by atoms with Crippen molar-refractivity contribution in [2.24, 2.45) is 0 Å². The molecule has 0 atom stereocenters. The van der Waals surface area contributed by atoms with Crippen molar-refractivity contribution in [2.75, 3.05) is 19.6 Å². The number of aryl methyl sites for hydroxylation is 1. The van der Waals surface area contributed by atoms with E-state index >= 15 is 0 Å². The third kappa shape index (κ3) is 5.31. The summed E-state index contributed by atoms with van der Waals surface area (Å²) in [6.45, 7) is 9.24. The second-order valence-corrected chi connectivity index (χ2v) is 6.65. The Kier molecular flexibility index (Phi) is 6.58. The van der Waals surface area contributed by atoms with Crippen LogP contribution < -0.4 is 0 Å². The number of carbonyl (C=O) groups excluding carboxylic acids is 1. The zero-order valence-corrected chi connectivity index (χ0v) is 14.8. The standard InChI is InChI=1S/C19H30N2O2/c1-4-6-12-21-13-10-19(11-14-21,23-18(22)5-2)15-17-9-7-8-16(3)20-17/h7-9H,4-6,10-15H2,1-3H3. The average molecular weight is 318 g/mol. The number of ether oxygens (including phenoxy) is 1. The predicted molar refractivity (Wildman–Crippen MR) is 92.4 cm³/mol. The summed E-state index contributed by atoms with van der Waals surface area (Å²) >= 11 is 0. The van der Waals surface area contributed by atoms with Crippen LogP contribution in [0.1, 0.15) is 57.3 Å². The molecule has 1 aliphatic rings. The quantitative estimate of drug-likeness (QED) is 0.721. The summed E-state index contributed by atoms with van der Waals surface area (Å²) < 4.78 is 5.92. The van der Waals surface area contributed by atoms with Gasteiger partial charge in [0.1, 0.15) is 5.60 Å². The van der Waals surface area contributed by atoms with Crippen molar-refractivity contribution in [1.29, 1.82) is 0 Å². The van der Waals surface area contributed by atoms with Gasteiger partial charge in [0, 0.05) is 50.2 Å². The smallest absolute Gasteiger partial charge is 0.306 e. The van der Waals surface area contributed by atoms with Gasteiger partial charge in [-0.3, -0.25) is 9.78 Å². The first kappa shape index (κ1) is 17.9.